The highest BCUT2D eigenvalue weighted by Crippen LogP contribution is 2.15. The normalized spacial score (nSPS) is 14.3. The van der Waals surface area contributed by atoms with Gasteiger partial charge in [-0.1, -0.05) is 36.8 Å². The van der Waals surface area contributed by atoms with Crippen LogP contribution in [0.15, 0.2) is 24.3 Å². The fourth-order valence-corrected chi connectivity index (χ4v) is 2.23. The lowest BCUT2D eigenvalue weighted by Gasteiger charge is -2.24. The SMILES string of the molecule is CCC(CNC(=O)OC(C)(C)C)NC(C)c1cccc(C)c1. The Morgan fingerprint density at radius 2 is 2.00 bits per heavy atom. The molecule has 1 rings (SSSR count). The molecular weight excluding hydrogens is 276 g/mol. The van der Waals surface area contributed by atoms with Crippen molar-refractivity contribution in [3.63, 3.8) is 0 Å². The van der Waals surface area contributed by atoms with Gasteiger partial charge in [0, 0.05) is 18.6 Å². The molecular formula is C18H30N2O2. The van der Waals surface area contributed by atoms with Crippen molar-refractivity contribution >= 4 is 6.09 Å². The molecule has 2 N–H and O–H groups in total. The van der Waals surface area contributed by atoms with E-state index >= 15 is 0 Å². The van der Waals surface area contributed by atoms with Crippen LogP contribution in [0.4, 0.5) is 4.79 Å². The van der Waals surface area contributed by atoms with Gasteiger partial charge in [-0.2, -0.15) is 0 Å². The van der Waals surface area contributed by atoms with Crippen LogP contribution in [-0.2, 0) is 4.74 Å². The standard InChI is InChI=1S/C18H30N2O2/c1-7-16(12-19-17(21)22-18(4,5)6)20-14(3)15-10-8-9-13(2)11-15/h8-11,14,16,20H,7,12H2,1-6H3,(H,19,21). The summed E-state index contributed by atoms with van der Waals surface area (Å²) < 4.78 is 5.26. The number of rotatable bonds is 6. The third-order valence-corrected chi connectivity index (χ3v) is 3.41. The van der Waals surface area contributed by atoms with Gasteiger partial charge in [0.15, 0.2) is 0 Å². The van der Waals surface area contributed by atoms with Crippen LogP contribution in [0.2, 0.25) is 0 Å². The van der Waals surface area contributed by atoms with Crippen LogP contribution in [0.25, 0.3) is 0 Å². The molecule has 0 fully saturated rings. The lowest BCUT2D eigenvalue weighted by Crippen LogP contribution is -2.43. The van der Waals surface area contributed by atoms with Gasteiger partial charge in [0.05, 0.1) is 0 Å². The maximum absolute atomic E-state index is 11.7. The highest BCUT2D eigenvalue weighted by atomic mass is 16.6. The smallest absolute Gasteiger partial charge is 0.407 e. The summed E-state index contributed by atoms with van der Waals surface area (Å²) in [7, 11) is 0. The Balaban J connectivity index is 2.49. The molecule has 0 saturated carbocycles. The number of benzene rings is 1. The molecule has 1 amide bonds. The van der Waals surface area contributed by atoms with Gasteiger partial charge in [-0.05, 0) is 46.6 Å². The van der Waals surface area contributed by atoms with Gasteiger partial charge in [0.1, 0.15) is 5.60 Å². The molecule has 0 heterocycles. The zero-order chi connectivity index (χ0) is 16.8. The van der Waals surface area contributed by atoms with E-state index in [1.165, 1.54) is 11.1 Å². The van der Waals surface area contributed by atoms with Gasteiger partial charge in [-0.3, -0.25) is 0 Å². The second-order valence-corrected chi connectivity index (χ2v) is 6.79. The van der Waals surface area contributed by atoms with E-state index in [0.29, 0.717) is 6.54 Å². The summed E-state index contributed by atoms with van der Waals surface area (Å²) in [5, 5.41) is 6.39. The first-order chi connectivity index (χ1) is 10.2. The quantitative estimate of drug-likeness (QED) is 0.836. The number of hydrogen-bond donors (Lipinski definition) is 2. The number of alkyl carbamates (subject to hydrolysis) is 1. The number of amides is 1. The predicted molar refractivity (Wildman–Crippen MR) is 91.0 cm³/mol. The molecule has 0 aliphatic carbocycles. The van der Waals surface area contributed by atoms with E-state index in [-0.39, 0.29) is 18.2 Å². The lowest BCUT2D eigenvalue weighted by molar-refractivity contribution is 0.0521. The number of carbonyl (C=O) groups excluding carboxylic acids is 1. The Morgan fingerprint density at radius 1 is 1.32 bits per heavy atom. The summed E-state index contributed by atoms with van der Waals surface area (Å²) >= 11 is 0. The van der Waals surface area contributed by atoms with Crippen molar-refractivity contribution in [3.8, 4) is 0 Å². The van der Waals surface area contributed by atoms with Crippen molar-refractivity contribution in [2.24, 2.45) is 0 Å². The summed E-state index contributed by atoms with van der Waals surface area (Å²) in [6.07, 6.45) is 0.572. The van der Waals surface area contributed by atoms with Crippen molar-refractivity contribution in [2.75, 3.05) is 6.54 Å². The van der Waals surface area contributed by atoms with Gasteiger partial charge in [-0.25, -0.2) is 4.79 Å². The summed E-state index contributed by atoms with van der Waals surface area (Å²) in [4.78, 5) is 11.7. The van der Waals surface area contributed by atoms with Gasteiger partial charge < -0.3 is 15.4 Å². The highest BCUT2D eigenvalue weighted by molar-refractivity contribution is 5.67. The van der Waals surface area contributed by atoms with E-state index < -0.39 is 5.60 Å². The molecule has 22 heavy (non-hydrogen) atoms. The topological polar surface area (TPSA) is 50.4 Å². The van der Waals surface area contributed by atoms with Crippen molar-refractivity contribution in [2.45, 2.75) is 65.6 Å². The number of carbonyl (C=O) groups is 1. The van der Waals surface area contributed by atoms with Crippen molar-refractivity contribution < 1.29 is 9.53 Å². The lowest BCUT2D eigenvalue weighted by atomic mass is 10.0. The number of nitrogens with one attached hydrogen (secondary N) is 2. The molecule has 0 radical (unpaired) electrons. The fourth-order valence-electron chi connectivity index (χ4n) is 2.23. The molecule has 2 unspecified atom stereocenters. The molecule has 4 heteroatoms. The molecule has 2 atom stereocenters. The van der Waals surface area contributed by atoms with Crippen molar-refractivity contribution in [1.29, 1.82) is 0 Å². The van der Waals surface area contributed by atoms with E-state index in [4.69, 9.17) is 4.74 Å². The van der Waals surface area contributed by atoms with Crippen LogP contribution < -0.4 is 10.6 Å². The second-order valence-electron chi connectivity index (χ2n) is 6.79. The van der Waals surface area contributed by atoms with Crippen LogP contribution in [0.5, 0.6) is 0 Å². The summed E-state index contributed by atoms with van der Waals surface area (Å²) in [6.45, 7) is 12.5. The van der Waals surface area contributed by atoms with Gasteiger partial charge >= 0.3 is 6.09 Å². The molecule has 124 valence electrons. The number of hydrogen-bond acceptors (Lipinski definition) is 3. The van der Waals surface area contributed by atoms with Crippen molar-refractivity contribution in [3.05, 3.63) is 35.4 Å². The molecule has 4 nitrogen and oxygen atoms in total. The Labute approximate surface area is 134 Å². The molecule has 1 aromatic rings. The molecule has 0 saturated heterocycles. The summed E-state index contributed by atoms with van der Waals surface area (Å²) in [6, 6.07) is 8.93. The minimum absolute atomic E-state index is 0.211. The van der Waals surface area contributed by atoms with Crippen molar-refractivity contribution in [1.82, 2.24) is 10.6 Å². The van der Waals surface area contributed by atoms with Crippen LogP contribution in [0.1, 0.15) is 58.2 Å². The first-order valence-corrected chi connectivity index (χ1v) is 8.00. The first kappa shape index (κ1) is 18.5. The van der Waals surface area contributed by atoms with E-state index in [1.54, 1.807) is 0 Å². The summed E-state index contributed by atoms with van der Waals surface area (Å²) in [5.41, 5.74) is 2.05. The maximum atomic E-state index is 11.7. The first-order valence-electron chi connectivity index (χ1n) is 8.00. The average molecular weight is 306 g/mol. The van der Waals surface area contributed by atoms with Crippen LogP contribution in [-0.4, -0.2) is 24.3 Å². The second kappa shape index (κ2) is 8.18. The summed E-state index contributed by atoms with van der Waals surface area (Å²) in [5.74, 6) is 0. The number of aryl methyl sites for hydroxylation is 1. The minimum Gasteiger partial charge on any atom is -0.444 e. The third kappa shape index (κ3) is 6.94. The Hall–Kier alpha value is -1.55. The van der Waals surface area contributed by atoms with E-state index in [9.17, 15) is 4.79 Å². The highest BCUT2D eigenvalue weighted by Gasteiger charge is 2.18. The van der Waals surface area contributed by atoms with Crippen LogP contribution in [0.3, 0.4) is 0 Å². The largest absolute Gasteiger partial charge is 0.444 e. The Morgan fingerprint density at radius 3 is 2.55 bits per heavy atom. The number of ether oxygens (including phenoxy) is 1. The van der Waals surface area contributed by atoms with Gasteiger partial charge in [0.25, 0.3) is 0 Å². The molecule has 0 aliphatic heterocycles. The van der Waals surface area contributed by atoms with Gasteiger partial charge in [0.2, 0.25) is 0 Å². The molecule has 0 aromatic heterocycles. The molecule has 0 bridgehead atoms. The third-order valence-electron chi connectivity index (χ3n) is 3.41. The maximum Gasteiger partial charge on any atom is 0.407 e. The fraction of sp³-hybridized carbons (Fsp3) is 0.611. The average Bonchev–Trinajstić information content (AvgIpc) is 2.41. The Kier molecular flexibility index (Phi) is 6.88. The zero-order valence-corrected chi connectivity index (χ0v) is 14.7. The molecule has 0 aliphatic rings. The van der Waals surface area contributed by atoms with Gasteiger partial charge in [-0.15, -0.1) is 0 Å². The van der Waals surface area contributed by atoms with E-state index in [1.807, 2.05) is 20.8 Å². The molecule has 0 spiro atoms. The van der Waals surface area contributed by atoms with E-state index in [2.05, 4.69) is 55.7 Å². The Bertz CT molecular complexity index is 480. The predicted octanol–water partition coefficient (Wildman–Crippen LogP) is 3.95. The van der Waals surface area contributed by atoms with Crippen LogP contribution >= 0.6 is 0 Å². The zero-order valence-electron chi connectivity index (χ0n) is 14.7. The van der Waals surface area contributed by atoms with Crippen LogP contribution in [0, 0.1) is 6.92 Å². The minimum atomic E-state index is -0.464. The van der Waals surface area contributed by atoms with E-state index in [0.717, 1.165) is 6.42 Å². The molecule has 1 aromatic carbocycles. The monoisotopic (exact) mass is 306 g/mol.